The average molecular weight is 1120 g/mol. The molecule has 73 heavy (non-hydrogen) atoms. The molecule has 6 aromatic carbocycles. The Morgan fingerprint density at radius 3 is 1.10 bits per heavy atom. The molecule has 10 saturated carbocycles. The van der Waals surface area contributed by atoms with Crippen LogP contribution in [0.2, 0.25) is 0 Å². The minimum atomic E-state index is -4.07. The fraction of sp³-hybridized carbons (Fsp3) is 0.515. The average Bonchev–Trinajstić information content (AvgIpc) is 4.21. The van der Waals surface area contributed by atoms with Crippen molar-refractivity contribution in [1.82, 2.24) is 0 Å². The Bertz CT molecular complexity index is 2470. The van der Waals surface area contributed by atoms with Gasteiger partial charge in [0.15, 0.2) is 0 Å². The molecule has 0 amide bonds. The summed E-state index contributed by atoms with van der Waals surface area (Å²) in [7, 11) is 0. The van der Waals surface area contributed by atoms with Gasteiger partial charge in [0.1, 0.15) is 0 Å². The van der Waals surface area contributed by atoms with Crippen molar-refractivity contribution in [3.05, 3.63) is 146 Å². The maximum atomic E-state index is 10.7. The Labute approximate surface area is 466 Å². The molecule has 0 aromatic heterocycles. The predicted octanol–water partition coefficient (Wildman–Crippen LogP) is 19.5. The molecule has 0 saturated heterocycles. The van der Waals surface area contributed by atoms with E-state index in [1.54, 1.807) is 22.3 Å². The first kappa shape index (κ1) is 56.8. The Morgan fingerprint density at radius 1 is 0.507 bits per heavy atom. The largest absolute Gasteiger partial charge is 0.164 e. The van der Waals surface area contributed by atoms with Gasteiger partial charge >= 0.3 is 36.4 Å². The topological polar surface area (TPSA) is 0 Å². The SMILES string of the molecule is Cl.Cl.[CH2-]CC(F)(F)F.[CH3-].[Si]=[Zr].c1cc(-c2ccc(C34CC5CC(CC(C5)C3)C4)cc2)c2cc(CC3CCCC3)[cH-]c2c1.c1cc(-c2ccc(C34CC5CC(CC(C5)C3)C4)cc2)c2cc(CC3CCCC3)[cH-]c2c1. The van der Waals surface area contributed by atoms with Crippen molar-refractivity contribution in [2.24, 2.45) is 47.3 Å². The molecule has 7 heteroatoms. The molecule has 2 radical (unpaired) electrons. The summed E-state index contributed by atoms with van der Waals surface area (Å²) in [5.74, 6) is 7.93. The number of rotatable bonds is 8. The summed E-state index contributed by atoms with van der Waals surface area (Å²) in [6, 6.07) is 43.5. The van der Waals surface area contributed by atoms with Gasteiger partial charge in [-0.1, -0.05) is 130 Å². The van der Waals surface area contributed by atoms with Crippen molar-refractivity contribution in [1.29, 1.82) is 0 Å². The Kier molecular flexibility index (Phi) is 18.7. The first-order valence-electron chi connectivity index (χ1n) is 27.7. The fourth-order valence-corrected chi connectivity index (χ4v) is 17.4. The summed E-state index contributed by atoms with van der Waals surface area (Å²) < 4.78 is 32.2. The second-order valence-corrected chi connectivity index (χ2v) is 24.5. The van der Waals surface area contributed by atoms with E-state index in [0.717, 1.165) is 47.3 Å². The summed E-state index contributed by atoms with van der Waals surface area (Å²) in [6.07, 6.45) is 26.9. The maximum absolute atomic E-state index is 10.7. The van der Waals surface area contributed by atoms with E-state index >= 15 is 0 Å². The molecule has 10 aliphatic carbocycles. The van der Waals surface area contributed by atoms with E-state index in [1.807, 2.05) is 0 Å². The van der Waals surface area contributed by atoms with Gasteiger partial charge in [-0.2, -0.15) is 25.3 Å². The Hall–Kier alpha value is -2.43. The number of hydrogen-bond acceptors (Lipinski definition) is 0. The molecule has 0 aliphatic heterocycles. The van der Waals surface area contributed by atoms with Gasteiger partial charge in [-0.3, -0.25) is 0 Å². The van der Waals surface area contributed by atoms with Crippen molar-refractivity contribution in [2.75, 3.05) is 0 Å². The normalized spacial score (nSPS) is 28.5. The molecule has 0 nitrogen and oxygen atoms in total. The zero-order chi connectivity index (χ0) is 48.0. The van der Waals surface area contributed by atoms with Gasteiger partial charge < -0.3 is 14.4 Å². The zero-order valence-corrected chi connectivity index (χ0v) is 48.5. The van der Waals surface area contributed by atoms with Gasteiger partial charge in [-0.05, 0) is 170 Å². The van der Waals surface area contributed by atoms with Crippen LogP contribution in [0.1, 0.15) is 157 Å². The van der Waals surface area contributed by atoms with E-state index in [1.165, 1.54) is 208 Å². The summed E-state index contributed by atoms with van der Waals surface area (Å²) in [6.45, 7) is 5.69. The molecule has 8 bridgehead atoms. The van der Waals surface area contributed by atoms with Crippen LogP contribution in [0.4, 0.5) is 13.2 Å². The van der Waals surface area contributed by atoms with Crippen molar-refractivity contribution in [3.8, 4) is 22.3 Å². The van der Waals surface area contributed by atoms with Crippen LogP contribution in [0.15, 0.2) is 109 Å². The minimum absolute atomic E-state index is 0. The third-order valence-electron chi connectivity index (χ3n) is 19.6. The van der Waals surface area contributed by atoms with Crippen molar-refractivity contribution < 1.29 is 36.5 Å². The standard InChI is InChI=1S/2C31H35.C3H4F3.CH3.2ClH.Si.Zr/c2*1-2-5-21(4-1)12-22-16-27-6-3-7-29(30(27)17-22)26-8-10-28(11-9-26)31-18-23-13-24(19-31)15-25(14-23)20-31;1-2-3(4,5)6;;;;;/h2*3,6-11,16-17,21,23-25H,1-2,4-5,12-15,18-20H2;1-2H2;1H3;2*1H;;/q4*-1;;;;. The molecule has 0 heterocycles. The molecule has 10 aliphatic rings. The van der Waals surface area contributed by atoms with Gasteiger partial charge in [-0.25, -0.2) is 0 Å². The van der Waals surface area contributed by atoms with Crippen LogP contribution in [0.25, 0.3) is 43.8 Å². The number of fused-ring (bicyclic) bond motifs is 2. The van der Waals surface area contributed by atoms with Gasteiger partial charge in [-0.15, -0.1) is 93.9 Å². The first-order chi connectivity index (χ1) is 34.0. The van der Waals surface area contributed by atoms with Crippen LogP contribution in [0.3, 0.4) is 0 Å². The summed E-state index contributed by atoms with van der Waals surface area (Å²) in [5.41, 5.74) is 13.1. The van der Waals surface area contributed by atoms with Crippen LogP contribution in [-0.4, -0.2) is 13.1 Å². The molecule has 16 rings (SSSR count). The van der Waals surface area contributed by atoms with Crippen molar-refractivity contribution in [3.63, 3.8) is 0 Å². The van der Waals surface area contributed by atoms with Crippen LogP contribution in [0.5, 0.6) is 0 Å². The maximum Gasteiger partial charge on any atom is -0.00391 e. The Balaban J connectivity index is 0.000000164. The number of halogens is 5. The van der Waals surface area contributed by atoms with Gasteiger partial charge in [0.25, 0.3) is 0 Å². The summed E-state index contributed by atoms with van der Waals surface area (Å²) in [5, 5.41) is 5.77. The minimum Gasteiger partial charge on any atom is -0.164 e. The smallest absolute Gasteiger partial charge is 0.00391 e. The zero-order valence-electron chi connectivity index (χ0n) is 43.4. The second kappa shape index (κ2) is 24.1. The molecular formula is C66H79Cl2F3SiZr-4. The summed E-state index contributed by atoms with van der Waals surface area (Å²) in [4.78, 5) is 0. The quantitative estimate of drug-likeness (QED) is 0.105. The van der Waals surface area contributed by atoms with E-state index < -0.39 is 12.6 Å². The monoisotopic (exact) mass is 1120 g/mol. The van der Waals surface area contributed by atoms with Crippen LogP contribution < -0.4 is 0 Å². The second-order valence-electron chi connectivity index (χ2n) is 24.5. The van der Waals surface area contributed by atoms with E-state index in [9.17, 15) is 13.2 Å². The fourth-order valence-electron chi connectivity index (χ4n) is 17.4. The van der Waals surface area contributed by atoms with Gasteiger partial charge in [0.05, 0.1) is 0 Å². The number of alkyl halides is 3. The molecule has 0 atom stereocenters. The third-order valence-corrected chi connectivity index (χ3v) is 19.6. The van der Waals surface area contributed by atoms with E-state index in [2.05, 4.69) is 123 Å². The van der Waals surface area contributed by atoms with Crippen molar-refractivity contribution >= 4 is 53.2 Å². The first-order valence-corrected chi connectivity index (χ1v) is 31.9. The molecule has 0 N–H and O–H groups in total. The molecular weight excluding hydrogens is 1040 g/mol. The van der Waals surface area contributed by atoms with Gasteiger partial charge in [0.2, 0.25) is 0 Å². The Morgan fingerprint density at radius 2 is 0.808 bits per heavy atom. The molecule has 390 valence electrons. The van der Waals surface area contributed by atoms with Crippen LogP contribution >= 0.6 is 24.8 Å². The van der Waals surface area contributed by atoms with E-state index in [4.69, 9.17) is 0 Å². The van der Waals surface area contributed by atoms with Gasteiger partial charge in [0, 0.05) is 0 Å². The summed E-state index contributed by atoms with van der Waals surface area (Å²) >= 11 is 1.36. The van der Waals surface area contributed by atoms with E-state index in [0.29, 0.717) is 10.8 Å². The predicted molar refractivity (Wildman–Crippen MR) is 304 cm³/mol. The molecule has 0 unspecified atom stereocenters. The molecule has 10 fully saturated rings. The van der Waals surface area contributed by atoms with Crippen molar-refractivity contribution in [2.45, 2.75) is 165 Å². The van der Waals surface area contributed by atoms with Crippen LogP contribution in [0, 0.1) is 61.7 Å². The van der Waals surface area contributed by atoms with E-state index in [-0.39, 0.29) is 32.2 Å². The number of benzene rings is 4. The van der Waals surface area contributed by atoms with Crippen LogP contribution in [-0.2, 0) is 47.0 Å². The molecule has 6 aromatic rings. The molecule has 0 spiro atoms. The number of hydrogen-bond donors (Lipinski definition) is 0. The third kappa shape index (κ3) is 12.3.